The fraction of sp³-hybridized carbons (Fsp3) is 0.478. The van der Waals surface area contributed by atoms with Crippen molar-refractivity contribution in [1.29, 1.82) is 0 Å². The van der Waals surface area contributed by atoms with E-state index in [1.807, 2.05) is 13.0 Å². The van der Waals surface area contributed by atoms with Crippen LogP contribution in [0.3, 0.4) is 0 Å². The minimum Gasteiger partial charge on any atom is -0.495 e. The zero-order valence-corrected chi connectivity index (χ0v) is 19.1. The summed E-state index contributed by atoms with van der Waals surface area (Å²) in [6.45, 7) is 12.6. The van der Waals surface area contributed by atoms with Gasteiger partial charge in [-0.25, -0.2) is 8.42 Å². The van der Waals surface area contributed by atoms with E-state index < -0.39 is 10.0 Å². The number of sulfonamides is 1. The SMILES string of the molecule is COc1cc(C)c(C(C)C)cc1S(=O)(=O)N1CCN(c2ccc(C)c(C)c2)CC1. The lowest BCUT2D eigenvalue weighted by Crippen LogP contribution is -2.48. The second-order valence-corrected chi connectivity index (χ2v) is 10.1. The van der Waals surface area contributed by atoms with Crippen LogP contribution in [-0.2, 0) is 10.0 Å². The van der Waals surface area contributed by atoms with Crippen molar-refractivity contribution in [1.82, 2.24) is 4.31 Å². The summed E-state index contributed by atoms with van der Waals surface area (Å²) in [5.41, 5.74) is 5.76. The molecule has 0 unspecified atom stereocenters. The molecule has 0 atom stereocenters. The summed E-state index contributed by atoms with van der Waals surface area (Å²) < 4.78 is 33.9. The Morgan fingerprint density at radius 3 is 2.10 bits per heavy atom. The first-order valence-electron chi connectivity index (χ1n) is 10.2. The van der Waals surface area contributed by atoms with Crippen LogP contribution in [0.5, 0.6) is 5.75 Å². The fourth-order valence-corrected chi connectivity index (χ4v) is 5.50. The molecule has 0 N–H and O–H groups in total. The Morgan fingerprint density at radius 2 is 1.55 bits per heavy atom. The third-order valence-electron chi connectivity index (χ3n) is 5.89. The summed E-state index contributed by atoms with van der Waals surface area (Å²) in [5.74, 6) is 0.667. The molecule has 0 radical (unpaired) electrons. The minimum absolute atomic E-state index is 0.247. The average molecular weight is 417 g/mol. The van der Waals surface area contributed by atoms with E-state index in [2.05, 4.69) is 50.8 Å². The van der Waals surface area contributed by atoms with Gasteiger partial charge in [0, 0.05) is 31.9 Å². The van der Waals surface area contributed by atoms with E-state index in [4.69, 9.17) is 4.74 Å². The first kappa shape index (κ1) is 21.7. The Labute approximate surface area is 175 Å². The van der Waals surface area contributed by atoms with Gasteiger partial charge in [-0.15, -0.1) is 0 Å². The second kappa shape index (κ2) is 8.36. The summed E-state index contributed by atoms with van der Waals surface area (Å²) >= 11 is 0. The molecule has 2 aromatic rings. The fourth-order valence-electron chi connectivity index (χ4n) is 3.91. The zero-order chi connectivity index (χ0) is 21.3. The lowest BCUT2D eigenvalue weighted by Gasteiger charge is -2.36. The van der Waals surface area contributed by atoms with Crippen molar-refractivity contribution in [2.45, 2.75) is 45.4 Å². The maximum atomic E-state index is 13.4. The first-order chi connectivity index (χ1) is 13.6. The standard InChI is InChI=1S/C23H32N2O3S/c1-16(2)21-15-23(22(28-6)14-19(21)5)29(26,27)25-11-9-24(10-12-25)20-8-7-17(3)18(4)13-20/h7-8,13-16H,9-12H2,1-6H3. The lowest BCUT2D eigenvalue weighted by molar-refractivity contribution is 0.374. The molecule has 6 heteroatoms. The van der Waals surface area contributed by atoms with E-state index in [0.29, 0.717) is 31.9 Å². The second-order valence-electron chi connectivity index (χ2n) is 8.17. The van der Waals surface area contributed by atoms with Crippen LogP contribution in [0.15, 0.2) is 35.2 Å². The predicted molar refractivity (Wildman–Crippen MR) is 119 cm³/mol. The number of methoxy groups -OCH3 is 1. The van der Waals surface area contributed by atoms with E-state index in [1.54, 1.807) is 10.4 Å². The first-order valence-corrected chi connectivity index (χ1v) is 11.6. The molecule has 158 valence electrons. The van der Waals surface area contributed by atoms with Gasteiger partial charge in [-0.3, -0.25) is 0 Å². The van der Waals surface area contributed by atoms with E-state index in [1.165, 1.54) is 18.2 Å². The average Bonchev–Trinajstić information content (AvgIpc) is 2.69. The molecule has 0 aliphatic carbocycles. The van der Waals surface area contributed by atoms with Crippen molar-refractivity contribution in [3.05, 3.63) is 52.6 Å². The highest BCUT2D eigenvalue weighted by atomic mass is 32.2. The number of hydrogen-bond acceptors (Lipinski definition) is 4. The van der Waals surface area contributed by atoms with Crippen LogP contribution in [0.1, 0.15) is 42.0 Å². The van der Waals surface area contributed by atoms with Gasteiger partial charge in [-0.1, -0.05) is 19.9 Å². The molecule has 29 heavy (non-hydrogen) atoms. The van der Waals surface area contributed by atoms with E-state index >= 15 is 0 Å². The monoisotopic (exact) mass is 416 g/mol. The molecule has 2 aromatic carbocycles. The van der Waals surface area contributed by atoms with Gasteiger partial charge in [0.15, 0.2) is 0 Å². The maximum Gasteiger partial charge on any atom is 0.246 e. The number of ether oxygens (including phenoxy) is 1. The molecule has 1 saturated heterocycles. The topological polar surface area (TPSA) is 49.9 Å². The highest BCUT2D eigenvalue weighted by Crippen LogP contribution is 2.33. The summed E-state index contributed by atoms with van der Waals surface area (Å²) in [6, 6.07) is 10.1. The summed E-state index contributed by atoms with van der Waals surface area (Å²) in [7, 11) is -2.09. The third-order valence-corrected chi connectivity index (χ3v) is 7.81. The number of rotatable bonds is 5. The Kier molecular flexibility index (Phi) is 6.24. The highest BCUT2D eigenvalue weighted by Gasteiger charge is 2.32. The number of nitrogens with zero attached hydrogens (tertiary/aromatic N) is 2. The molecular weight excluding hydrogens is 384 g/mol. The minimum atomic E-state index is -3.62. The van der Waals surface area contributed by atoms with Gasteiger partial charge < -0.3 is 9.64 Å². The van der Waals surface area contributed by atoms with Crippen LogP contribution < -0.4 is 9.64 Å². The summed E-state index contributed by atoms with van der Waals surface area (Å²) in [5, 5.41) is 0. The molecule has 0 spiro atoms. The summed E-state index contributed by atoms with van der Waals surface area (Å²) in [4.78, 5) is 2.53. The van der Waals surface area contributed by atoms with Gasteiger partial charge >= 0.3 is 0 Å². The number of hydrogen-bond donors (Lipinski definition) is 0. The molecule has 3 rings (SSSR count). The smallest absolute Gasteiger partial charge is 0.246 e. The predicted octanol–water partition coefficient (Wildman–Crippen LogP) is 4.25. The molecule has 1 aliphatic heterocycles. The van der Waals surface area contributed by atoms with Crippen molar-refractivity contribution in [3.63, 3.8) is 0 Å². The van der Waals surface area contributed by atoms with E-state index in [0.717, 1.165) is 16.8 Å². The normalized spacial score (nSPS) is 15.8. The molecule has 1 heterocycles. The zero-order valence-electron chi connectivity index (χ0n) is 18.3. The largest absolute Gasteiger partial charge is 0.495 e. The molecule has 1 fully saturated rings. The Bertz CT molecular complexity index is 991. The van der Waals surface area contributed by atoms with Crippen molar-refractivity contribution < 1.29 is 13.2 Å². The van der Waals surface area contributed by atoms with Gasteiger partial charge in [-0.2, -0.15) is 4.31 Å². The van der Waals surface area contributed by atoms with Crippen LogP contribution in [0, 0.1) is 20.8 Å². The third kappa shape index (κ3) is 4.28. The number of anilines is 1. The molecular formula is C23H32N2O3S. The molecule has 1 aliphatic rings. The van der Waals surface area contributed by atoms with Crippen molar-refractivity contribution >= 4 is 15.7 Å². The molecule has 0 amide bonds. The Balaban J connectivity index is 1.84. The van der Waals surface area contributed by atoms with Gasteiger partial charge in [0.2, 0.25) is 10.0 Å². The Morgan fingerprint density at radius 1 is 0.897 bits per heavy atom. The molecule has 0 saturated carbocycles. The van der Waals surface area contributed by atoms with Crippen LogP contribution in [-0.4, -0.2) is 46.0 Å². The number of benzene rings is 2. The van der Waals surface area contributed by atoms with E-state index in [9.17, 15) is 8.42 Å². The van der Waals surface area contributed by atoms with Gasteiger partial charge in [0.05, 0.1) is 7.11 Å². The molecule has 0 aromatic heterocycles. The lowest BCUT2D eigenvalue weighted by atomic mass is 9.98. The number of aryl methyl sites for hydroxylation is 3. The summed E-state index contributed by atoms with van der Waals surface area (Å²) in [6.07, 6.45) is 0. The quantitative estimate of drug-likeness (QED) is 0.731. The maximum absolute atomic E-state index is 13.4. The van der Waals surface area contributed by atoms with Crippen molar-refractivity contribution in [2.75, 3.05) is 38.2 Å². The van der Waals surface area contributed by atoms with E-state index in [-0.39, 0.29) is 10.8 Å². The van der Waals surface area contributed by atoms with Crippen molar-refractivity contribution in [3.8, 4) is 5.75 Å². The van der Waals surface area contributed by atoms with Crippen LogP contribution in [0.4, 0.5) is 5.69 Å². The van der Waals surface area contributed by atoms with Gasteiger partial charge in [0.1, 0.15) is 10.6 Å². The highest BCUT2D eigenvalue weighted by molar-refractivity contribution is 7.89. The van der Waals surface area contributed by atoms with Crippen LogP contribution in [0.25, 0.3) is 0 Å². The van der Waals surface area contributed by atoms with Crippen LogP contribution >= 0.6 is 0 Å². The van der Waals surface area contributed by atoms with Gasteiger partial charge in [-0.05, 0) is 73.2 Å². The number of piperazine rings is 1. The van der Waals surface area contributed by atoms with Gasteiger partial charge in [0.25, 0.3) is 0 Å². The Hall–Kier alpha value is -2.05. The molecule has 5 nitrogen and oxygen atoms in total. The van der Waals surface area contributed by atoms with Crippen LogP contribution in [0.2, 0.25) is 0 Å². The van der Waals surface area contributed by atoms with Crippen molar-refractivity contribution in [2.24, 2.45) is 0 Å². The molecule has 0 bridgehead atoms.